The van der Waals surface area contributed by atoms with Crippen LogP contribution < -0.4 is 10.2 Å². The van der Waals surface area contributed by atoms with Gasteiger partial charge in [0.1, 0.15) is 5.82 Å². The van der Waals surface area contributed by atoms with Crippen LogP contribution in [0.5, 0.6) is 0 Å². The zero-order valence-corrected chi connectivity index (χ0v) is 10.8. The summed E-state index contributed by atoms with van der Waals surface area (Å²) in [4.78, 5) is 2.08. The third-order valence-corrected chi connectivity index (χ3v) is 3.61. The van der Waals surface area contributed by atoms with Crippen molar-refractivity contribution in [3.63, 3.8) is 0 Å². The van der Waals surface area contributed by atoms with Gasteiger partial charge in [-0.15, -0.1) is 0 Å². The van der Waals surface area contributed by atoms with Crippen LogP contribution in [0, 0.1) is 5.82 Å². The first kappa shape index (κ1) is 12.4. The molecule has 1 aromatic carbocycles. The zero-order valence-electron chi connectivity index (χ0n) is 10.8. The smallest absolute Gasteiger partial charge is 0.146 e. The molecule has 0 saturated carbocycles. The molecule has 1 heterocycles. The van der Waals surface area contributed by atoms with Crippen molar-refractivity contribution in [2.45, 2.75) is 38.3 Å². The highest BCUT2D eigenvalue weighted by atomic mass is 19.1. The Morgan fingerprint density at radius 2 is 2.06 bits per heavy atom. The van der Waals surface area contributed by atoms with Crippen LogP contribution in [0.4, 0.5) is 10.1 Å². The number of anilines is 1. The Balaban J connectivity index is 2.15. The molecule has 1 aromatic rings. The fourth-order valence-corrected chi connectivity index (χ4v) is 2.61. The van der Waals surface area contributed by atoms with Crippen molar-refractivity contribution >= 4 is 5.69 Å². The van der Waals surface area contributed by atoms with Gasteiger partial charge in [0.25, 0.3) is 0 Å². The average Bonchev–Trinajstić information content (AvgIpc) is 2.27. The third-order valence-electron chi connectivity index (χ3n) is 3.61. The first-order chi connectivity index (χ1) is 7.99. The molecule has 0 aliphatic carbocycles. The van der Waals surface area contributed by atoms with E-state index >= 15 is 0 Å². The lowest BCUT2D eigenvalue weighted by Gasteiger charge is -2.41. The first-order valence-electron chi connectivity index (χ1n) is 6.22. The van der Waals surface area contributed by atoms with Crippen molar-refractivity contribution in [1.82, 2.24) is 5.32 Å². The molecular weight excluding hydrogens is 215 g/mol. The van der Waals surface area contributed by atoms with Gasteiger partial charge in [0.2, 0.25) is 0 Å². The molecule has 1 aliphatic rings. The number of rotatable bonds is 2. The van der Waals surface area contributed by atoms with Crippen LogP contribution in [0.25, 0.3) is 0 Å². The summed E-state index contributed by atoms with van der Waals surface area (Å²) in [5.41, 5.74) is 0.845. The van der Waals surface area contributed by atoms with Crippen LogP contribution in [0.15, 0.2) is 24.3 Å². The molecule has 1 fully saturated rings. The van der Waals surface area contributed by atoms with Crippen LogP contribution in [-0.4, -0.2) is 25.2 Å². The van der Waals surface area contributed by atoms with Crippen molar-refractivity contribution in [2.24, 2.45) is 0 Å². The average molecular weight is 236 g/mol. The highest BCUT2D eigenvalue weighted by Gasteiger charge is 2.30. The monoisotopic (exact) mass is 236 g/mol. The molecule has 3 heteroatoms. The van der Waals surface area contributed by atoms with Crippen LogP contribution in [0.3, 0.4) is 0 Å². The molecular formula is C14H21FN2. The van der Waals surface area contributed by atoms with Gasteiger partial charge in [0, 0.05) is 18.6 Å². The minimum atomic E-state index is -0.133. The van der Waals surface area contributed by atoms with E-state index in [2.05, 4.69) is 24.1 Å². The van der Waals surface area contributed by atoms with Gasteiger partial charge < -0.3 is 10.2 Å². The standard InChI is InChI=1S/C14H21FN2/c1-14(2)10-11(8-9-16-14)17(3)13-7-5-4-6-12(13)15/h4-7,11,16H,8-10H2,1-3H3. The predicted octanol–water partition coefficient (Wildman–Crippen LogP) is 2.79. The molecule has 94 valence electrons. The Morgan fingerprint density at radius 1 is 1.35 bits per heavy atom. The minimum Gasteiger partial charge on any atom is -0.369 e. The number of nitrogens with zero attached hydrogens (tertiary/aromatic N) is 1. The second-order valence-corrected chi connectivity index (χ2v) is 5.52. The van der Waals surface area contributed by atoms with Crippen molar-refractivity contribution in [3.05, 3.63) is 30.1 Å². The molecule has 2 nitrogen and oxygen atoms in total. The zero-order chi connectivity index (χ0) is 12.5. The molecule has 1 unspecified atom stereocenters. The lowest BCUT2D eigenvalue weighted by molar-refractivity contribution is 0.271. The van der Waals surface area contributed by atoms with Gasteiger partial charge >= 0.3 is 0 Å². The van der Waals surface area contributed by atoms with E-state index in [1.807, 2.05) is 19.2 Å². The van der Waals surface area contributed by atoms with Crippen molar-refractivity contribution in [2.75, 3.05) is 18.5 Å². The normalized spacial score (nSPS) is 23.4. The summed E-state index contributed by atoms with van der Waals surface area (Å²) >= 11 is 0. The summed E-state index contributed by atoms with van der Waals surface area (Å²) in [6.07, 6.45) is 2.10. The first-order valence-corrected chi connectivity index (χ1v) is 6.22. The van der Waals surface area contributed by atoms with E-state index in [1.54, 1.807) is 6.07 Å². The van der Waals surface area contributed by atoms with E-state index in [0.29, 0.717) is 11.7 Å². The molecule has 2 rings (SSSR count). The lowest BCUT2D eigenvalue weighted by atomic mass is 9.88. The van der Waals surface area contributed by atoms with Gasteiger partial charge in [0.05, 0.1) is 5.69 Å². The predicted molar refractivity (Wildman–Crippen MR) is 69.9 cm³/mol. The second-order valence-electron chi connectivity index (χ2n) is 5.52. The number of para-hydroxylation sites is 1. The van der Waals surface area contributed by atoms with Crippen molar-refractivity contribution in [3.8, 4) is 0 Å². The maximum Gasteiger partial charge on any atom is 0.146 e. The third kappa shape index (κ3) is 2.78. The van der Waals surface area contributed by atoms with Crippen LogP contribution in [-0.2, 0) is 0 Å². The number of hydrogen-bond donors (Lipinski definition) is 1. The molecule has 0 radical (unpaired) electrons. The number of piperidine rings is 1. The lowest BCUT2D eigenvalue weighted by Crippen LogP contribution is -2.52. The molecule has 0 aromatic heterocycles. The van der Waals surface area contributed by atoms with Gasteiger partial charge in [0.15, 0.2) is 0 Å². The van der Waals surface area contributed by atoms with E-state index < -0.39 is 0 Å². The summed E-state index contributed by atoms with van der Waals surface area (Å²) in [5.74, 6) is -0.133. The molecule has 0 spiro atoms. The SMILES string of the molecule is CN(c1ccccc1F)C1CCNC(C)(C)C1. The van der Waals surface area contributed by atoms with Crippen molar-refractivity contribution in [1.29, 1.82) is 0 Å². The highest BCUT2D eigenvalue weighted by molar-refractivity contribution is 5.48. The summed E-state index contributed by atoms with van der Waals surface area (Å²) in [6.45, 7) is 5.40. The fraction of sp³-hybridized carbons (Fsp3) is 0.571. The van der Waals surface area contributed by atoms with E-state index in [9.17, 15) is 4.39 Å². The van der Waals surface area contributed by atoms with E-state index in [-0.39, 0.29) is 11.4 Å². The Kier molecular flexibility index (Phi) is 3.38. The van der Waals surface area contributed by atoms with Gasteiger partial charge in [-0.25, -0.2) is 4.39 Å². The van der Waals surface area contributed by atoms with Gasteiger partial charge in [-0.3, -0.25) is 0 Å². The molecule has 0 bridgehead atoms. The number of halogens is 1. The highest BCUT2D eigenvalue weighted by Crippen LogP contribution is 2.27. The molecule has 1 saturated heterocycles. The summed E-state index contributed by atoms with van der Waals surface area (Å²) in [7, 11) is 1.99. The minimum absolute atomic E-state index is 0.133. The Morgan fingerprint density at radius 3 is 2.71 bits per heavy atom. The van der Waals surface area contributed by atoms with Crippen LogP contribution in [0.2, 0.25) is 0 Å². The topological polar surface area (TPSA) is 15.3 Å². The molecule has 17 heavy (non-hydrogen) atoms. The largest absolute Gasteiger partial charge is 0.369 e. The maximum atomic E-state index is 13.7. The van der Waals surface area contributed by atoms with Crippen LogP contribution in [0.1, 0.15) is 26.7 Å². The number of hydrogen-bond acceptors (Lipinski definition) is 2. The van der Waals surface area contributed by atoms with Gasteiger partial charge in [-0.2, -0.15) is 0 Å². The van der Waals surface area contributed by atoms with E-state index in [1.165, 1.54) is 6.07 Å². The summed E-state index contributed by atoms with van der Waals surface area (Å²) in [6, 6.07) is 7.41. The summed E-state index contributed by atoms with van der Waals surface area (Å²) < 4.78 is 13.7. The second kappa shape index (κ2) is 4.65. The van der Waals surface area contributed by atoms with E-state index in [4.69, 9.17) is 0 Å². The Bertz CT molecular complexity index is 390. The van der Waals surface area contributed by atoms with Gasteiger partial charge in [-0.1, -0.05) is 12.1 Å². The molecule has 1 N–H and O–H groups in total. The van der Waals surface area contributed by atoms with Gasteiger partial charge in [-0.05, 0) is 45.4 Å². The maximum absolute atomic E-state index is 13.7. The molecule has 0 amide bonds. The quantitative estimate of drug-likeness (QED) is 0.849. The van der Waals surface area contributed by atoms with Crippen molar-refractivity contribution < 1.29 is 4.39 Å². The molecule has 1 aliphatic heterocycles. The van der Waals surface area contributed by atoms with Crippen LogP contribution >= 0.6 is 0 Å². The Hall–Kier alpha value is -1.09. The summed E-state index contributed by atoms with van der Waals surface area (Å²) in [5, 5.41) is 3.49. The Labute approximate surface area is 103 Å². The number of nitrogens with one attached hydrogen (secondary N) is 1. The fourth-order valence-electron chi connectivity index (χ4n) is 2.61. The number of benzene rings is 1. The molecule has 1 atom stereocenters. The van der Waals surface area contributed by atoms with E-state index in [0.717, 1.165) is 19.4 Å².